The lowest BCUT2D eigenvalue weighted by Crippen LogP contribution is -2.05. The molecule has 9 aromatic rings. The zero-order valence-corrected chi connectivity index (χ0v) is 27.1. The van der Waals surface area contributed by atoms with E-state index in [1.54, 1.807) is 0 Å². The van der Waals surface area contributed by atoms with Crippen LogP contribution >= 0.6 is 0 Å². The predicted molar refractivity (Wildman–Crippen MR) is 203 cm³/mol. The van der Waals surface area contributed by atoms with Gasteiger partial charge in [-0.25, -0.2) is 15.0 Å². The summed E-state index contributed by atoms with van der Waals surface area (Å²) in [6.45, 7) is 0. The van der Waals surface area contributed by atoms with Crippen LogP contribution in [-0.2, 0) is 0 Å². The maximum absolute atomic E-state index is 6.79. The van der Waals surface area contributed by atoms with Crippen LogP contribution in [-0.4, -0.2) is 19.5 Å². The summed E-state index contributed by atoms with van der Waals surface area (Å²) >= 11 is 0. The zero-order valence-electron chi connectivity index (χ0n) is 27.1. The van der Waals surface area contributed by atoms with Crippen LogP contribution in [0, 0.1) is 0 Å². The summed E-state index contributed by atoms with van der Waals surface area (Å²) in [4.78, 5) is 14.9. The Bertz CT molecular complexity index is 2680. The second-order valence-corrected chi connectivity index (χ2v) is 12.8. The monoisotopic (exact) mass is 642 g/mol. The maximum Gasteiger partial charge on any atom is 0.164 e. The SMILES string of the molecule is C1=CC(c2nc(-c3ccccc3)nc(-c3ccccc3)n2)=CC(c2cccc3oc4c(-n5c6ccccc6c6ccccc65)cccc4c23)C1. The van der Waals surface area contributed by atoms with Crippen LogP contribution in [0.2, 0.25) is 0 Å². The second kappa shape index (κ2) is 11.5. The summed E-state index contributed by atoms with van der Waals surface area (Å²) in [5, 5.41) is 4.71. The Morgan fingerprint density at radius 3 is 1.80 bits per heavy atom. The molecule has 0 fully saturated rings. The van der Waals surface area contributed by atoms with E-state index in [4.69, 9.17) is 19.4 Å². The highest BCUT2D eigenvalue weighted by atomic mass is 16.3. The van der Waals surface area contributed by atoms with Gasteiger partial charge in [-0.2, -0.15) is 0 Å². The van der Waals surface area contributed by atoms with E-state index in [9.17, 15) is 0 Å². The fourth-order valence-electron chi connectivity index (χ4n) is 7.51. The van der Waals surface area contributed by atoms with E-state index in [0.29, 0.717) is 17.5 Å². The molecule has 1 aliphatic carbocycles. The molecule has 0 saturated heterocycles. The summed E-state index contributed by atoms with van der Waals surface area (Å²) in [6.07, 6.45) is 7.55. The van der Waals surface area contributed by atoms with E-state index in [-0.39, 0.29) is 5.92 Å². The van der Waals surface area contributed by atoms with E-state index < -0.39 is 0 Å². The lowest BCUT2D eigenvalue weighted by atomic mass is 9.87. The molecule has 0 aliphatic heterocycles. The standard InChI is InChI=1S/C45H30N4O/c1-3-14-29(15-4-1)43-46-44(30-16-5-2-6-17-30)48-45(47-43)32-19-11-18-31(28-32)33-22-13-27-40-41(33)36-23-12-26-39(42(36)50-40)49-37-24-9-7-20-34(37)35-21-8-10-25-38(35)49/h1-17,19-28,31H,18H2. The Labute approximate surface area is 288 Å². The summed E-state index contributed by atoms with van der Waals surface area (Å²) in [5.74, 6) is 2.09. The predicted octanol–water partition coefficient (Wildman–Crippen LogP) is 11.3. The van der Waals surface area contributed by atoms with Crippen LogP contribution in [0.5, 0.6) is 0 Å². The molecule has 5 heteroatoms. The molecule has 0 bridgehead atoms. The number of aromatic nitrogens is 4. The number of hydrogen-bond acceptors (Lipinski definition) is 4. The molecule has 6 aromatic carbocycles. The van der Waals surface area contributed by atoms with Gasteiger partial charge in [0.1, 0.15) is 5.58 Å². The Balaban J connectivity index is 1.13. The third kappa shape index (κ3) is 4.59. The van der Waals surface area contributed by atoms with Gasteiger partial charge in [0.05, 0.1) is 16.7 Å². The molecule has 0 radical (unpaired) electrons. The van der Waals surface area contributed by atoms with Gasteiger partial charge in [-0.05, 0) is 36.2 Å². The van der Waals surface area contributed by atoms with Crippen molar-refractivity contribution in [2.45, 2.75) is 12.3 Å². The molecule has 0 spiro atoms. The average molecular weight is 643 g/mol. The van der Waals surface area contributed by atoms with Crippen LogP contribution in [0.15, 0.2) is 168 Å². The van der Waals surface area contributed by atoms with E-state index in [0.717, 1.165) is 61.8 Å². The molecule has 1 unspecified atom stereocenters. The molecule has 5 nitrogen and oxygen atoms in total. The quantitative estimate of drug-likeness (QED) is 0.187. The van der Waals surface area contributed by atoms with E-state index in [1.807, 2.05) is 60.7 Å². The van der Waals surface area contributed by atoms with Crippen molar-refractivity contribution in [3.63, 3.8) is 0 Å². The van der Waals surface area contributed by atoms with Crippen molar-refractivity contribution in [1.82, 2.24) is 19.5 Å². The Hall–Kier alpha value is -6.59. The number of allylic oxidation sites excluding steroid dienone is 4. The molecule has 10 rings (SSSR count). The summed E-state index contributed by atoms with van der Waals surface area (Å²) < 4.78 is 9.12. The molecule has 0 N–H and O–H groups in total. The topological polar surface area (TPSA) is 56.7 Å². The van der Waals surface area contributed by atoms with Gasteiger partial charge < -0.3 is 8.98 Å². The normalized spacial score (nSPS) is 14.6. The summed E-state index contributed by atoms with van der Waals surface area (Å²) in [5.41, 5.74) is 9.24. The summed E-state index contributed by atoms with van der Waals surface area (Å²) in [7, 11) is 0. The molecule has 0 amide bonds. The van der Waals surface area contributed by atoms with Crippen molar-refractivity contribution >= 4 is 49.3 Å². The van der Waals surface area contributed by atoms with Crippen molar-refractivity contribution in [1.29, 1.82) is 0 Å². The molecule has 1 aliphatic rings. The van der Waals surface area contributed by atoms with Crippen molar-refractivity contribution in [3.8, 4) is 28.5 Å². The van der Waals surface area contributed by atoms with Crippen molar-refractivity contribution < 1.29 is 4.42 Å². The lowest BCUT2D eigenvalue weighted by molar-refractivity contribution is 0.666. The van der Waals surface area contributed by atoms with Gasteiger partial charge in [-0.3, -0.25) is 0 Å². The number of para-hydroxylation sites is 3. The molecule has 1 atom stereocenters. The van der Waals surface area contributed by atoms with Crippen molar-refractivity contribution in [3.05, 3.63) is 175 Å². The highest BCUT2D eigenvalue weighted by Crippen LogP contribution is 2.42. The average Bonchev–Trinajstić information content (AvgIpc) is 3.75. The minimum absolute atomic E-state index is 0.105. The lowest BCUT2D eigenvalue weighted by Gasteiger charge is -2.18. The van der Waals surface area contributed by atoms with E-state index in [2.05, 4.69) is 108 Å². The van der Waals surface area contributed by atoms with Crippen LogP contribution in [0.3, 0.4) is 0 Å². The molecule has 50 heavy (non-hydrogen) atoms. The van der Waals surface area contributed by atoms with Gasteiger partial charge in [-0.15, -0.1) is 0 Å². The molecule has 0 saturated carbocycles. The first kappa shape index (κ1) is 28.4. The van der Waals surface area contributed by atoms with E-state index >= 15 is 0 Å². The van der Waals surface area contributed by atoms with Crippen LogP contribution < -0.4 is 0 Å². The van der Waals surface area contributed by atoms with Gasteiger partial charge in [0.2, 0.25) is 0 Å². The zero-order chi connectivity index (χ0) is 33.0. The van der Waals surface area contributed by atoms with Gasteiger partial charge in [-0.1, -0.05) is 140 Å². The van der Waals surface area contributed by atoms with Gasteiger partial charge in [0.15, 0.2) is 23.1 Å². The van der Waals surface area contributed by atoms with Crippen LogP contribution in [0.1, 0.15) is 23.7 Å². The van der Waals surface area contributed by atoms with Gasteiger partial charge >= 0.3 is 0 Å². The van der Waals surface area contributed by atoms with E-state index in [1.165, 1.54) is 16.3 Å². The minimum Gasteiger partial charge on any atom is -0.454 e. The minimum atomic E-state index is 0.105. The number of furan rings is 1. The fourth-order valence-corrected chi connectivity index (χ4v) is 7.51. The number of benzene rings is 6. The van der Waals surface area contributed by atoms with Crippen molar-refractivity contribution in [2.75, 3.05) is 0 Å². The van der Waals surface area contributed by atoms with Crippen LogP contribution in [0.4, 0.5) is 0 Å². The first-order valence-electron chi connectivity index (χ1n) is 17.0. The number of nitrogens with zero attached hydrogens (tertiary/aromatic N) is 4. The molecule has 236 valence electrons. The third-order valence-electron chi connectivity index (χ3n) is 9.78. The first-order valence-corrected chi connectivity index (χ1v) is 17.0. The van der Waals surface area contributed by atoms with Gasteiger partial charge in [0, 0.05) is 44.2 Å². The maximum atomic E-state index is 6.79. The highest BCUT2D eigenvalue weighted by molar-refractivity contribution is 6.13. The Morgan fingerprint density at radius 1 is 0.540 bits per heavy atom. The Kier molecular flexibility index (Phi) is 6.56. The Morgan fingerprint density at radius 2 is 1.12 bits per heavy atom. The molecular weight excluding hydrogens is 613 g/mol. The smallest absolute Gasteiger partial charge is 0.164 e. The second-order valence-electron chi connectivity index (χ2n) is 12.8. The number of hydrogen-bond donors (Lipinski definition) is 0. The number of rotatable bonds is 5. The van der Waals surface area contributed by atoms with Crippen molar-refractivity contribution in [2.24, 2.45) is 0 Å². The molecule has 3 heterocycles. The largest absolute Gasteiger partial charge is 0.454 e. The number of fused-ring (bicyclic) bond motifs is 6. The molecular formula is C45H30N4O. The first-order chi connectivity index (χ1) is 24.8. The van der Waals surface area contributed by atoms with Gasteiger partial charge in [0.25, 0.3) is 0 Å². The third-order valence-corrected chi connectivity index (χ3v) is 9.78. The molecule has 3 aromatic heterocycles. The summed E-state index contributed by atoms with van der Waals surface area (Å²) in [6, 6.07) is 50.4. The fraction of sp³-hybridized carbons (Fsp3) is 0.0444. The highest BCUT2D eigenvalue weighted by Gasteiger charge is 2.23. The van der Waals surface area contributed by atoms with Crippen LogP contribution in [0.25, 0.3) is 77.8 Å².